The minimum absolute atomic E-state index is 0.0920. The molecule has 1 heterocycles. The molecule has 24 heavy (non-hydrogen) atoms. The zero-order valence-corrected chi connectivity index (χ0v) is 13.3. The van der Waals surface area contributed by atoms with Crippen LogP contribution in [0.15, 0.2) is 59.9 Å². The highest BCUT2D eigenvalue weighted by Gasteiger charge is 2.44. The molecule has 1 amide bonds. The molecule has 0 spiro atoms. The van der Waals surface area contributed by atoms with Gasteiger partial charge in [0.2, 0.25) is 0 Å². The molecule has 0 fully saturated rings. The molecule has 1 N–H and O–H groups in total. The molecule has 1 atom stereocenters. The number of hydrogen-bond acceptors (Lipinski definition) is 3. The van der Waals surface area contributed by atoms with E-state index in [1.165, 1.54) is 30.0 Å². The normalized spacial score (nSPS) is 17.5. The number of benzene rings is 2. The van der Waals surface area contributed by atoms with E-state index in [4.69, 9.17) is 0 Å². The van der Waals surface area contributed by atoms with Crippen molar-refractivity contribution in [3.05, 3.63) is 76.8 Å². The molecule has 2 aromatic carbocycles. The summed E-state index contributed by atoms with van der Waals surface area (Å²) in [6.45, 7) is 3.16. The van der Waals surface area contributed by atoms with Gasteiger partial charge in [-0.25, -0.2) is 4.39 Å². The Morgan fingerprint density at radius 3 is 2.33 bits per heavy atom. The first kappa shape index (κ1) is 15.9. The molecule has 1 aliphatic rings. The lowest BCUT2D eigenvalue weighted by Crippen LogP contribution is -2.31. The second kappa shape index (κ2) is 5.92. The molecule has 0 saturated carbocycles. The molecule has 3 rings (SSSR count). The van der Waals surface area contributed by atoms with Crippen LogP contribution >= 0.6 is 0 Å². The summed E-state index contributed by atoms with van der Waals surface area (Å²) in [4.78, 5) is 25.8. The lowest BCUT2D eigenvalue weighted by molar-refractivity contribution is -0.117. The monoisotopic (exact) mass is 325 g/mol. The second-order valence-corrected chi connectivity index (χ2v) is 5.75. The van der Waals surface area contributed by atoms with Crippen molar-refractivity contribution in [2.75, 3.05) is 4.90 Å². The highest BCUT2D eigenvalue weighted by Crippen LogP contribution is 2.41. The van der Waals surface area contributed by atoms with Gasteiger partial charge in [0.25, 0.3) is 5.91 Å². The number of hydrogen-bond donors (Lipinski definition) is 1. The lowest BCUT2D eigenvalue weighted by atomic mass is 9.96. The van der Waals surface area contributed by atoms with Gasteiger partial charge in [0.05, 0.1) is 11.6 Å². The Balaban J connectivity index is 2.21. The Labute approximate surface area is 138 Å². The summed E-state index contributed by atoms with van der Waals surface area (Å²) in [5.74, 6) is -2.35. The van der Waals surface area contributed by atoms with E-state index >= 15 is 0 Å². The molecule has 0 aliphatic carbocycles. The summed E-state index contributed by atoms with van der Waals surface area (Å²) in [5.41, 5.74) is 1.56. The summed E-state index contributed by atoms with van der Waals surface area (Å²) in [6.07, 6.45) is 0. The van der Waals surface area contributed by atoms with E-state index in [1.807, 2.05) is 19.1 Å². The van der Waals surface area contributed by atoms with Crippen molar-refractivity contribution in [3.63, 3.8) is 0 Å². The van der Waals surface area contributed by atoms with E-state index < -0.39 is 29.3 Å². The molecule has 0 unspecified atom stereocenters. The molecule has 1 aliphatic heterocycles. The van der Waals surface area contributed by atoms with Crippen molar-refractivity contribution in [2.24, 2.45) is 0 Å². The fourth-order valence-corrected chi connectivity index (χ4v) is 2.93. The molecular weight excluding hydrogens is 309 g/mol. The average Bonchev–Trinajstić information content (AvgIpc) is 2.81. The van der Waals surface area contributed by atoms with Crippen LogP contribution in [0.25, 0.3) is 0 Å². The molecule has 4 nitrogen and oxygen atoms in total. The Morgan fingerprint density at radius 1 is 1.12 bits per heavy atom. The fraction of sp³-hybridized carbons (Fsp3) is 0.158. The van der Waals surface area contributed by atoms with Crippen molar-refractivity contribution in [3.8, 4) is 0 Å². The molecule has 0 radical (unpaired) electrons. The third kappa shape index (κ3) is 2.48. The molecule has 0 saturated heterocycles. The zero-order chi connectivity index (χ0) is 17.4. The van der Waals surface area contributed by atoms with Crippen LogP contribution in [-0.4, -0.2) is 16.8 Å². The number of Topliss-reactive ketones (excluding diaryl/α,β-unsaturated/α-hetero) is 1. The maximum atomic E-state index is 14.3. The largest absolute Gasteiger partial charge is 0.503 e. The van der Waals surface area contributed by atoms with Crippen molar-refractivity contribution in [1.82, 2.24) is 0 Å². The second-order valence-electron chi connectivity index (χ2n) is 5.75. The van der Waals surface area contributed by atoms with Crippen molar-refractivity contribution in [2.45, 2.75) is 19.9 Å². The summed E-state index contributed by atoms with van der Waals surface area (Å²) >= 11 is 0. The van der Waals surface area contributed by atoms with Gasteiger partial charge < -0.3 is 5.11 Å². The van der Waals surface area contributed by atoms with E-state index in [2.05, 4.69) is 0 Å². The van der Waals surface area contributed by atoms with Gasteiger partial charge in [-0.15, -0.1) is 0 Å². The quantitative estimate of drug-likeness (QED) is 0.937. The standard InChI is InChI=1S/C19H16FNO3/c1-11-7-9-13(10-8-11)21-17(14-5-3-4-6-15(14)20)16(12(2)22)18(23)19(21)24/h3-10,17,23H,1-2H3/t17-/m0/s1. The molecule has 5 heteroatoms. The van der Waals surface area contributed by atoms with Crippen LogP contribution in [-0.2, 0) is 9.59 Å². The lowest BCUT2D eigenvalue weighted by Gasteiger charge is -2.27. The number of halogens is 1. The summed E-state index contributed by atoms with van der Waals surface area (Å²) in [6, 6.07) is 12.0. The number of rotatable bonds is 3. The SMILES string of the molecule is CC(=O)C1=C(O)C(=O)N(c2ccc(C)cc2)[C@H]1c1ccccc1F. The van der Waals surface area contributed by atoms with E-state index in [-0.39, 0.29) is 11.1 Å². The van der Waals surface area contributed by atoms with Gasteiger partial charge in [-0.1, -0.05) is 35.9 Å². The number of amides is 1. The Kier molecular flexibility index (Phi) is 3.93. The van der Waals surface area contributed by atoms with Gasteiger partial charge in [0.1, 0.15) is 5.82 Å². The maximum Gasteiger partial charge on any atom is 0.294 e. The van der Waals surface area contributed by atoms with Crippen LogP contribution in [0.1, 0.15) is 24.1 Å². The number of aliphatic hydroxyl groups excluding tert-OH is 1. The Bertz CT molecular complexity index is 855. The van der Waals surface area contributed by atoms with Crippen LogP contribution < -0.4 is 4.90 Å². The number of aryl methyl sites for hydroxylation is 1. The van der Waals surface area contributed by atoms with E-state index in [0.717, 1.165) is 5.56 Å². The topological polar surface area (TPSA) is 57.6 Å². The van der Waals surface area contributed by atoms with Gasteiger partial charge in [0.15, 0.2) is 11.5 Å². The number of nitrogens with zero attached hydrogens (tertiary/aromatic N) is 1. The van der Waals surface area contributed by atoms with Crippen LogP contribution in [0.4, 0.5) is 10.1 Å². The number of anilines is 1. The minimum atomic E-state index is -0.987. The Hall–Kier alpha value is -2.95. The molecule has 2 aromatic rings. The van der Waals surface area contributed by atoms with Crippen LogP contribution in [0, 0.1) is 12.7 Å². The summed E-state index contributed by atoms with van der Waals surface area (Å²) < 4.78 is 14.3. The van der Waals surface area contributed by atoms with Crippen molar-refractivity contribution >= 4 is 17.4 Å². The predicted molar refractivity (Wildman–Crippen MR) is 88.1 cm³/mol. The number of aliphatic hydroxyl groups is 1. The number of carbonyl (C=O) groups excluding carboxylic acids is 2. The zero-order valence-electron chi connectivity index (χ0n) is 13.3. The van der Waals surface area contributed by atoms with Crippen LogP contribution in [0.5, 0.6) is 0 Å². The molecule has 0 aromatic heterocycles. The number of ketones is 1. The summed E-state index contributed by atoms with van der Waals surface area (Å²) in [7, 11) is 0. The average molecular weight is 325 g/mol. The first-order chi connectivity index (χ1) is 11.4. The fourth-order valence-electron chi connectivity index (χ4n) is 2.93. The minimum Gasteiger partial charge on any atom is -0.503 e. The van der Waals surface area contributed by atoms with Gasteiger partial charge in [-0.2, -0.15) is 0 Å². The van der Waals surface area contributed by atoms with Crippen LogP contribution in [0.2, 0.25) is 0 Å². The third-order valence-electron chi connectivity index (χ3n) is 4.10. The highest BCUT2D eigenvalue weighted by atomic mass is 19.1. The van der Waals surface area contributed by atoms with Gasteiger partial charge in [0, 0.05) is 11.3 Å². The molecule has 0 bridgehead atoms. The number of carbonyl (C=O) groups is 2. The predicted octanol–water partition coefficient (Wildman–Crippen LogP) is 3.62. The smallest absolute Gasteiger partial charge is 0.294 e. The highest BCUT2D eigenvalue weighted by molar-refractivity contribution is 6.16. The van der Waals surface area contributed by atoms with Crippen molar-refractivity contribution < 1.29 is 19.1 Å². The first-order valence-corrected chi connectivity index (χ1v) is 7.50. The van der Waals surface area contributed by atoms with Gasteiger partial charge in [-0.3, -0.25) is 14.5 Å². The maximum absolute atomic E-state index is 14.3. The van der Waals surface area contributed by atoms with Crippen LogP contribution in [0.3, 0.4) is 0 Å². The Morgan fingerprint density at radius 2 is 1.75 bits per heavy atom. The molecule has 122 valence electrons. The van der Waals surface area contributed by atoms with E-state index in [1.54, 1.807) is 18.2 Å². The van der Waals surface area contributed by atoms with Gasteiger partial charge in [-0.05, 0) is 32.0 Å². The van der Waals surface area contributed by atoms with E-state index in [9.17, 15) is 19.1 Å². The summed E-state index contributed by atoms with van der Waals surface area (Å²) in [5, 5.41) is 10.2. The van der Waals surface area contributed by atoms with E-state index in [0.29, 0.717) is 5.69 Å². The third-order valence-corrected chi connectivity index (χ3v) is 4.10. The molecular formula is C19H16FNO3. The van der Waals surface area contributed by atoms with Gasteiger partial charge >= 0.3 is 0 Å². The van der Waals surface area contributed by atoms with Crippen molar-refractivity contribution in [1.29, 1.82) is 0 Å². The first-order valence-electron chi connectivity index (χ1n) is 7.50.